The minimum Gasteiger partial charge on any atom is -0.452 e. The van der Waals surface area contributed by atoms with Crippen molar-refractivity contribution in [1.29, 1.82) is 0 Å². The van der Waals surface area contributed by atoms with E-state index in [4.69, 9.17) is 4.74 Å². The highest BCUT2D eigenvalue weighted by molar-refractivity contribution is 6.01. The average molecular weight is 261 g/mol. The number of nitrogens with zero attached hydrogens (tertiary/aromatic N) is 1. The number of amides is 1. The Labute approximate surface area is 110 Å². The molecule has 1 aliphatic carbocycles. The largest absolute Gasteiger partial charge is 0.452 e. The van der Waals surface area contributed by atoms with Gasteiger partial charge in [0.2, 0.25) is 0 Å². The number of Topliss-reactive ketones (excluding diaryl/α,β-unsaturated/α-hetero) is 1. The highest BCUT2D eigenvalue weighted by Gasteiger charge is 2.57. The van der Waals surface area contributed by atoms with E-state index in [0.29, 0.717) is 30.5 Å². The summed E-state index contributed by atoms with van der Waals surface area (Å²) in [4.78, 5) is 25.6. The third kappa shape index (κ3) is 1.45. The molecule has 0 spiro atoms. The van der Waals surface area contributed by atoms with Gasteiger partial charge in [-0.1, -0.05) is 18.2 Å². The molecular formula is C14H15NO4. The third-order valence-electron chi connectivity index (χ3n) is 4.05. The molecule has 1 aromatic carbocycles. The molecule has 0 unspecified atom stereocenters. The Kier molecular flexibility index (Phi) is 2.60. The summed E-state index contributed by atoms with van der Waals surface area (Å²) in [6.45, 7) is 0. The topological polar surface area (TPSA) is 66.8 Å². The van der Waals surface area contributed by atoms with Crippen molar-refractivity contribution in [1.82, 2.24) is 0 Å². The molecule has 0 bridgehead atoms. The van der Waals surface area contributed by atoms with Crippen molar-refractivity contribution in [3.8, 4) is 0 Å². The van der Waals surface area contributed by atoms with E-state index in [1.54, 1.807) is 24.3 Å². The summed E-state index contributed by atoms with van der Waals surface area (Å²) in [5, 5.41) is 10.8. The van der Waals surface area contributed by atoms with E-state index in [1.807, 2.05) is 0 Å². The second-order valence-corrected chi connectivity index (χ2v) is 4.95. The SMILES string of the molecule is COC(=O)N1c2ccccc2[C@@]2(O)C(=O)CCC[C@@H]12. The summed E-state index contributed by atoms with van der Waals surface area (Å²) in [6, 6.07) is 6.42. The number of methoxy groups -OCH3 is 1. The Bertz CT molecular complexity index is 556. The molecule has 2 aliphatic rings. The smallest absolute Gasteiger partial charge is 0.414 e. The molecule has 0 radical (unpaired) electrons. The van der Waals surface area contributed by atoms with Crippen LogP contribution in [0.4, 0.5) is 10.5 Å². The van der Waals surface area contributed by atoms with E-state index >= 15 is 0 Å². The molecule has 1 amide bonds. The Hall–Kier alpha value is -1.88. The number of hydrogen-bond donors (Lipinski definition) is 1. The van der Waals surface area contributed by atoms with Gasteiger partial charge in [-0.2, -0.15) is 0 Å². The van der Waals surface area contributed by atoms with Gasteiger partial charge in [-0.05, 0) is 18.9 Å². The van der Waals surface area contributed by atoms with Gasteiger partial charge in [-0.15, -0.1) is 0 Å². The predicted molar refractivity (Wildman–Crippen MR) is 67.9 cm³/mol. The van der Waals surface area contributed by atoms with Gasteiger partial charge in [-0.3, -0.25) is 9.69 Å². The quantitative estimate of drug-likeness (QED) is 0.770. The highest BCUT2D eigenvalue weighted by Crippen LogP contribution is 2.49. The van der Waals surface area contributed by atoms with Crippen LogP contribution in [-0.2, 0) is 15.1 Å². The molecule has 1 aromatic rings. The van der Waals surface area contributed by atoms with Crippen LogP contribution in [0.5, 0.6) is 0 Å². The second kappa shape index (κ2) is 4.06. The van der Waals surface area contributed by atoms with Crippen LogP contribution >= 0.6 is 0 Å². The molecule has 1 heterocycles. The van der Waals surface area contributed by atoms with Crippen molar-refractivity contribution in [3.05, 3.63) is 29.8 Å². The van der Waals surface area contributed by atoms with Crippen LogP contribution in [0.1, 0.15) is 24.8 Å². The van der Waals surface area contributed by atoms with E-state index in [9.17, 15) is 14.7 Å². The number of carbonyl (C=O) groups excluding carboxylic acids is 2. The zero-order chi connectivity index (χ0) is 13.6. The van der Waals surface area contributed by atoms with Crippen LogP contribution in [-0.4, -0.2) is 30.1 Å². The molecule has 5 nitrogen and oxygen atoms in total. The number of carbonyl (C=O) groups is 2. The van der Waals surface area contributed by atoms with Gasteiger partial charge in [0.15, 0.2) is 11.4 Å². The lowest BCUT2D eigenvalue weighted by atomic mass is 9.77. The maximum Gasteiger partial charge on any atom is 0.414 e. The first-order valence-corrected chi connectivity index (χ1v) is 6.33. The number of benzene rings is 1. The van der Waals surface area contributed by atoms with Crippen LogP contribution in [0.2, 0.25) is 0 Å². The zero-order valence-corrected chi connectivity index (χ0v) is 10.6. The fourth-order valence-corrected chi connectivity index (χ4v) is 3.18. The third-order valence-corrected chi connectivity index (χ3v) is 4.05. The summed E-state index contributed by atoms with van der Waals surface area (Å²) in [6.07, 6.45) is 1.07. The Morgan fingerprint density at radius 2 is 2.21 bits per heavy atom. The van der Waals surface area contributed by atoms with E-state index in [0.717, 1.165) is 0 Å². The van der Waals surface area contributed by atoms with Crippen molar-refractivity contribution in [2.45, 2.75) is 30.9 Å². The van der Waals surface area contributed by atoms with Crippen LogP contribution in [0, 0.1) is 0 Å². The Balaban J connectivity index is 2.20. The lowest BCUT2D eigenvalue weighted by molar-refractivity contribution is -0.143. The minimum atomic E-state index is -1.58. The molecule has 3 rings (SSSR count). The van der Waals surface area contributed by atoms with Gasteiger partial charge in [0.1, 0.15) is 0 Å². The molecule has 19 heavy (non-hydrogen) atoms. The van der Waals surface area contributed by atoms with Gasteiger partial charge in [0, 0.05) is 12.0 Å². The standard InChI is InChI=1S/C14H15NO4/c1-19-13(17)15-10-6-3-2-5-9(10)14(18)11(15)7-4-8-12(14)16/h2-3,5-6,11,18H,4,7-8H2,1H3/t11-,14+/m1/s1. The first-order chi connectivity index (χ1) is 9.10. The lowest BCUT2D eigenvalue weighted by Gasteiger charge is -2.36. The fourth-order valence-electron chi connectivity index (χ4n) is 3.18. The van der Waals surface area contributed by atoms with E-state index < -0.39 is 17.7 Å². The second-order valence-electron chi connectivity index (χ2n) is 4.95. The van der Waals surface area contributed by atoms with Gasteiger partial charge >= 0.3 is 6.09 Å². The number of aliphatic hydroxyl groups is 1. The number of ketones is 1. The summed E-state index contributed by atoms with van der Waals surface area (Å²) >= 11 is 0. The summed E-state index contributed by atoms with van der Waals surface area (Å²) < 4.78 is 4.78. The summed E-state index contributed by atoms with van der Waals surface area (Å²) in [5.74, 6) is -0.220. The monoisotopic (exact) mass is 261 g/mol. The average Bonchev–Trinajstić information content (AvgIpc) is 2.70. The zero-order valence-electron chi connectivity index (χ0n) is 10.6. The van der Waals surface area contributed by atoms with Crippen molar-refractivity contribution < 1.29 is 19.4 Å². The van der Waals surface area contributed by atoms with E-state index in [2.05, 4.69) is 0 Å². The van der Waals surface area contributed by atoms with Crippen LogP contribution in [0.25, 0.3) is 0 Å². The van der Waals surface area contributed by atoms with Crippen molar-refractivity contribution in [3.63, 3.8) is 0 Å². The van der Waals surface area contributed by atoms with Gasteiger partial charge in [0.05, 0.1) is 18.8 Å². The van der Waals surface area contributed by atoms with Crippen LogP contribution in [0.15, 0.2) is 24.3 Å². The van der Waals surface area contributed by atoms with Gasteiger partial charge in [0.25, 0.3) is 0 Å². The van der Waals surface area contributed by atoms with Crippen molar-refractivity contribution in [2.75, 3.05) is 12.0 Å². The van der Waals surface area contributed by atoms with E-state index in [-0.39, 0.29) is 5.78 Å². The molecule has 1 N–H and O–H groups in total. The molecule has 2 atom stereocenters. The van der Waals surface area contributed by atoms with Gasteiger partial charge < -0.3 is 9.84 Å². The number of hydrogen-bond acceptors (Lipinski definition) is 4. The first kappa shape index (κ1) is 12.2. The molecule has 0 saturated heterocycles. The normalized spacial score (nSPS) is 28.8. The molecule has 1 aliphatic heterocycles. The minimum absolute atomic E-state index is 0.220. The number of fused-ring (bicyclic) bond motifs is 3. The maximum atomic E-state index is 12.2. The number of para-hydroxylation sites is 1. The Morgan fingerprint density at radius 3 is 2.95 bits per heavy atom. The number of anilines is 1. The summed E-state index contributed by atoms with van der Waals surface area (Å²) in [7, 11) is 1.30. The lowest BCUT2D eigenvalue weighted by Crippen LogP contribution is -2.54. The van der Waals surface area contributed by atoms with Crippen LogP contribution < -0.4 is 4.90 Å². The van der Waals surface area contributed by atoms with Crippen molar-refractivity contribution >= 4 is 17.6 Å². The van der Waals surface area contributed by atoms with Crippen molar-refractivity contribution in [2.24, 2.45) is 0 Å². The molecule has 1 fully saturated rings. The maximum absolute atomic E-state index is 12.2. The van der Waals surface area contributed by atoms with Gasteiger partial charge in [-0.25, -0.2) is 4.79 Å². The number of ether oxygens (including phenoxy) is 1. The summed E-state index contributed by atoms with van der Waals surface area (Å²) in [5.41, 5.74) is -0.504. The molecular weight excluding hydrogens is 246 g/mol. The Morgan fingerprint density at radius 1 is 1.47 bits per heavy atom. The highest BCUT2D eigenvalue weighted by atomic mass is 16.5. The van der Waals surface area contributed by atoms with E-state index in [1.165, 1.54) is 12.0 Å². The van der Waals surface area contributed by atoms with Crippen LogP contribution in [0.3, 0.4) is 0 Å². The molecule has 100 valence electrons. The fraction of sp³-hybridized carbons (Fsp3) is 0.429. The predicted octanol–water partition coefficient (Wildman–Crippen LogP) is 1.58. The molecule has 1 saturated carbocycles. The molecule has 0 aromatic heterocycles. The first-order valence-electron chi connectivity index (χ1n) is 6.33. The number of rotatable bonds is 0. The molecule has 5 heteroatoms.